The van der Waals surface area contributed by atoms with E-state index in [2.05, 4.69) is 4.98 Å². The number of aromatic nitrogens is 2. The maximum Gasteiger partial charge on any atom is 0.123 e. The highest BCUT2D eigenvalue weighted by Crippen LogP contribution is 2.23. The molecule has 1 N–H and O–H groups in total. The van der Waals surface area contributed by atoms with Crippen LogP contribution in [-0.4, -0.2) is 14.7 Å². The molecule has 0 spiro atoms. The van der Waals surface area contributed by atoms with Crippen molar-refractivity contribution in [2.75, 3.05) is 0 Å². The molecule has 1 aromatic carbocycles. The highest BCUT2D eigenvalue weighted by atomic mass is 19.1. The number of nitrogens with zero attached hydrogens (tertiary/aromatic N) is 2. The van der Waals surface area contributed by atoms with E-state index in [9.17, 15) is 9.50 Å². The lowest BCUT2D eigenvalue weighted by atomic mass is 10.1. The van der Waals surface area contributed by atoms with E-state index in [4.69, 9.17) is 0 Å². The fourth-order valence-corrected chi connectivity index (χ4v) is 1.77. The van der Waals surface area contributed by atoms with Crippen LogP contribution < -0.4 is 0 Å². The average Bonchev–Trinajstić information content (AvgIpc) is 2.78. The molecule has 1 heterocycles. The number of aliphatic hydroxyl groups excluding tert-OH is 1. The lowest BCUT2D eigenvalue weighted by Gasteiger charge is -2.16. The van der Waals surface area contributed by atoms with Crippen LogP contribution in [0.2, 0.25) is 0 Å². The lowest BCUT2D eigenvalue weighted by molar-refractivity contribution is 0.208. The number of hydrogen-bond donors (Lipinski definition) is 1. The molecule has 1 unspecified atom stereocenters. The zero-order chi connectivity index (χ0) is 12.4. The molecule has 0 radical (unpaired) electrons. The van der Waals surface area contributed by atoms with Gasteiger partial charge in [-0.15, -0.1) is 0 Å². The zero-order valence-corrected chi connectivity index (χ0v) is 9.84. The quantitative estimate of drug-likeness (QED) is 0.886. The predicted molar refractivity (Wildman–Crippen MR) is 63.1 cm³/mol. The first-order valence-electron chi connectivity index (χ1n) is 5.55. The second-order valence-corrected chi connectivity index (χ2v) is 4.27. The molecule has 2 rings (SSSR count). The van der Waals surface area contributed by atoms with Gasteiger partial charge in [0.1, 0.15) is 11.9 Å². The fourth-order valence-electron chi connectivity index (χ4n) is 1.77. The molecule has 3 nitrogen and oxygen atoms in total. The molecule has 0 saturated heterocycles. The molecule has 2 aromatic rings. The molecule has 0 fully saturated rings. The Morgan fingerprint density at radius 3 is 2.47 bits per heavy atom. The first-order chi connectivity index (χ1) is 8.09. The lowest BCUT2D eigenvalue weighted by Crippen LogP contribution is -2.09. The van der Waals surface area contributed by atoms with Gasteiger partial charge in [0.15, 0.2) is 0 Å². The van der Waals surface area contributed by atoms with Crippen LogP contribution in [0.3, 0.4) is 0 Å². The number of halogens is 1. The normalized spacial score (nSPS) is 13.0. The third-order valence-electron chi connectivity index (χ3n) is 2.72. The van der Waals surface area contributed by atoms with E-state index in [1.54, 1.807) is 24.7 Å². The number of aliphatic hydroxyl groups is 1. The maximum atomic E-state index is 12.8. The van der Waals surface area contributed by atoms with E-state index in [1.165, 1.54) is 12.1 Å². The third-order valence-corrected chi connectivity index (χ3v) is 2.72. The van der Waals surface area contributed by atoms with E-state index >= 15 is 0 Å². The van der Waals surface area contributed by atoms with E-state index in [0.29, 0.717) is 11.3 Å². The minimum absolute atomic E-state index is 0.225. The Bertz CT molecular complexity index is 490. The Kier molecular flexibility index (Phi) is 3.24. The summed E-state index contributed by atoms with van der Waals surface area (Å²) in [4.78, 5) is 4.04. The molecule has 0 bridgehead atoms. The summed E-state index contributed by atoms with van der Waals surface area (Å²) in [5, 5.41) is 10.2. The first-order valence-corrected chi connectivity index (χ1v) is 5.55. The van der Waals surface area contributed by atoms with E-state index in [-0.39, 0.29) is 11.9 Å². The highest BCUT2D eigenvalue weighted by Gasteiger charge is 2.16. The van der Waals surface area contributed by atoms with Crippen molar-refractivity contribution < 1.29 is 9.50 Å². The average molecular weight is 234 g/mol. The van der Waals surface area contributed by atoms with Crippen LogP contribution in [0.4, 0.5) is 4.39 Å². The van der Waals surface area contributed by atoms with Gasteiger partial charge in [0.2, 0.25) is 0 Å². The number of rotatable bonds is 3. The van der Waals surface area contributed by atoms with Gasteiger partial charge < -0.3 is 9.67 Å². The van der Waals surface area contributed by atoms with Gasteiger partial charge in [0.05, 0.1) is 18.2 Å². The predicted octanol–water partition coefficient (Wildman–Crippen LogP) is 2.68. The van der Waals surface area contributed by atoms with Crippen molar-refractivity contribution in [2.24, 2.45) is 0 Å². The van der Waals surface area contributed by atoms with E-state index < -0.39 is 6.10 Å². The van der Waals surface area contributed by atoms with Gasteiger partial charge in [-0.3, -0.25) is 0 Å². The van der Waals surface area contributed by atoms with Crippen molar-refractivity contribution in [3.63, 3.8) is 0 Å². The van der Waals surface area contributed by atoms with Crippen LogP contribution in [0.15, 0.2) is 36.8 Å². The second-order valence-electron chi connectivity index (χ2n) is 4.27. The monoisotopic (exact) mass is 234 g/mol. The van der Waals surface area contributed by atoms with Crippen LogP contribution in [0.5, 0.6) is 0 Å². The maximum absolute atomic E-state index is 12.8. The van der Waals surface area contributed by atoms with Crippen molar-refractivity contribution in [3.8, 4) is 0 Å². The largest absolute Gasteiger partial charge is 0.382 e. The minimum Gasteiger partial charge on any atom is -0.382 e. The van der Waals surface area contributed by atoms with E-state index in [1.807, 2.05) is 18.4 Å². The molecule has 90 valence electrons. The SMILES string of the molecule is CC(C)n1cncc1C(O)c1ccc(F)cc1. The standard InChI is InChI=1S/C13H15FN2O/c1-9(2)16-8-15-7-12(16)13(17)10-3-5-11(14)6-4-10/h3-9,13,17H,1-2H3. The molecule has 1 aromatic heterocycles. The highest BCUT2D eigenvalue weighted by molar-refractivity contribution is 5.25. The second kappa shape index (κ2) is 4.67. The third kappa shape index (κ3) is 2.36. The summed E-state index contributed by atoms with van der Waals surface area (Å²) in [7, 11) is 0. The van der Waals surface area contributed by atoms with Crippen LogP contribution >= 0.6 is 0 Å². The molecule has 17 heavy (non-hydrogen) atoms. The van der Waals surface area contributed by atoms with Gasteiger partial charge in [-0.1, -0.05) is 12.1 Å². The van der Waals surface area contributed by atoms with Gasteiger partial charge in [0.25, 0.3) is 0 Å². The molecule has 0 aliphatic rings. The smallest absolute Gasteiger partial charge is 0.123 e. The summed E-state index contributed by atoms with van der Waals surface area (Å²) in [6, 6.07) is 6.07. The van der Waals surface area contributed by atoms with Crippen molar-refractivity contribution >= 4 is 0 Å². The van der Waals surface area contributed by atoms with Crippen molar-refractivity contribution in [1.82, 2.24) is 9.55 Å². The Labute approximate surface area is 99.5 Å². The number of benzene rings is 1. The summed E-state index contributed by atoms with van der Waals surface area (Å²) in [5.41, 5.74) is 1.38. The fraction of sp³-hybridized carbons (Fsp3) is 0.308. The number of imidazole rings is 1. The summed E-state index contributed by atoms with van der Waals surface area (Å²) in [5.74, 6) is -0.307. The van der Waals surface area contributed by atoms with Crippen LogP contribution in [-0.2, 0) is 0 Å². The van der Waals surface area contributed by atoms with Gasteiger partial charge >= 0.3 is 0 Å². The van der Waals surface area contributed by atoms with Gasteiger partial charge in [-0.2, -0.15) is 0 Å². The summed E-state index contributed by atoms with van der Waals surface area (Å²) in [6.07, 6.45) is 2.54. The minimum atomic E-state index is -0.777. The molecule has 4 heteroatoms. The summed E-state index contributed by atoms with van der Waals surface area (Å²) >= 11 is 0. The Morgan fingerprint density at radius 1 is 1.24 bits per heavy atom. The van der Waals surface area contributed by atoms with Crippen molar-refractivity contribution in [2.45, 2.75) is 26.0 Å². The summed E-state index contributed by atoms with van der Waals surface area (Å²) < 4.78 is 14.7. The molecule has 0 amide bonds. The van der Waals surface area contributed by atoms with Gasteiger partial charge in [-0.05, 0) is 31.5 Å². The molecule has 0 saturated carbocycles. The molecule has 0 aliphatic heterocycles. The van der Waals surface area contributed by atoms with Crippen LogP contribution in [0.25, 0.3) is 0 Å². The van der Waals surface area contributed by atoms with Crippen LogP contribution in [0.1, 0.15) is 37.3 Å². The topological polar surface area (TPSA) is 38.0 Å². The van der Waals surface area contributed by atoms with E-state index in [0.717, 1.165) is 0 Å². The zero-order valence-electron chi connectivity index (χ0n) is 9.84. The molecular weight excluding hydrogens is 219 g/mol. The Hall–Kier alpha value is -1.68. The van der Waals surface area contributed by atoms with Crippen LogP contribution in [0, 0.1) is 5.82 Å². The van der Waals surface area contributed by atoms with Crippen molar-refractivity contribution in [1.29, 1.82) is 0 Å². The molecular formula is C13H15FN2O. The van der Waals surface area contributed by atoms with Gasteiger partial charge in [0, 0.05) is 6.04 Å². The Morgan fingerprint density at radius 2 is 1.88 bits per heavy atom. The van der Waals surface area contributed by atoms with Crippen molar-refractivity contribution in [3.05, 3.63) is 53.9 Å². The first kappa shape index (κ1) is 11.8. The molecule has 1 atom stereocenters. The molecule has 0 aliphatic carbocycles. The van der Waals surface area contributed by atoms with Gasteiger partial charge in [-0.25, -0.2) is 9.37 Å². The number of hydrogen-bond acceptors (Lipinski definition) is 2. The Balaban J connectivity index is 2.33. The summed E-state index contributed by atoms with van der Waals surface area (Å²) in [6.45, 7) is 4.03.